The van der Waals surface area contributed by atoms with Gasteiger partial charge in [0.1, 0.15) is 6.04 Å². The quantitative estimate of drug-likeness (QED) is 0.743. The van der Waals surface area contributed by atoms with Crippen molar-refractivity contribution in [3.63, 3.8) is 0 Å². The van der Waals surface area contributed by atoms with Gasteiger partial charge in [-0.15, -0.1) is 12.4 Å². The van der Waals surface area contributed by atoms with Crippen molar-refractivity contribution in [2.45, 2.75) is 12.5 Å². The molecule has 2 rings (SSSR count). The number of aromatic amines is 1. The van der Waals surface area contributed by atoms with Crippen LogP contribution in [-0.4, -0.2) is 22.1 Å². The highest BCUT2D eigenvalue weighted by molar-refractivity contribution is 5.85. The lowest BCUT2D eigenvalue weighted by Gasteiger charge is -2.05. The fourth-order valence-electron chi connectivity index (χ4n) is 1.47. The Hall–Kier alpha value is -1.79. The first kappa shape index (κ1) is 13.3. The van der Waals surface area contributed by atoms with Gasteiger partial charge in [0.15, 0.2) is 5.58 Å². The Bertz CT molecular complexity index is 589. The zero-order valence-corrected chi connectivity index (χ0v) is 9.49. The number of carboxylic acids is 1. The molecule has 0 amide bonds. The summed E-state index contributed by atoms with van der Waals surface area (Å²) in [5.74, 6) is -1.59. The molecule has 1 aromatic heterocycles. The molecule has 0 radical (unpaired) electrons. The minimum atomic E-state index is -1.05. The first-order valence-corrected chi connectivity index (χ1v) is 4.66. The zero-order chi connectivity index (χ0) is 11.7. The number of nitrogens with one attached hydrogen (secondary N) is 1. The molecule has 0 aliphatic heterocycles. The number of carboxylic acid groups (broad SMARTS) is 1. The highest BCUT2D eigenvalue weighted by Crippen LogP contribution is 2.13. The lowest BCUT2D eigenvalue weighted by molar-refractivity contribution is -0.138. The summed E-state index contributed by atoms with van der Waals surface area (Å²) in [6.45, 7) is 0. The molecule has 7 heteroatoms. The van der Waals surface area contributed by atoms with E-state index < -0.39 is 17.8 Å². The van der Waals surface area contributed by atoms with Crippen LogP contribution in [-0.2, 0) is 11.2 Å². The van der Waals surface area contributed by atoms with Crippen LogP contribution < -0.4 is 11.5 Å². The monoisotopic (exact) mass is 258 g/mol. The second kappa shape index (κ2) is 5.03. The Kier molecular flexibility index (Phi) is 3.93. The molecule has 0 aliphatic carbocycles. The molecule has 17 heavy (non-hydrogen) atoms. The molecular formula is C10H11ClN2O4. The molecule has 2 aromatic rings. The van der Waals surface area contributed by atoms with Crippen LogP contribution in [0.15, 0.2) is 27.4 Å². The SMILES string of the molecule is Cl.NC(Cc1ccc2oc(=O)[nH]c2c1)C(=O)O. The Morgan fingerprint density at radius 3 is 2.88 bits per heavy atom. The molecule has 1 aromatic carbocycles. The smallest absolute Gasteiger partial charge is 0.417 e. The summed E-state index contributed by atoms with van der Waals surface area (Å²) in [7, 11) is 0. The van der Waals surface area contributed by atoms with Gasteiger partial charge in [-0.2, -0.15) is 0 Å². The van der Waals surface area contributed by atoms with Crippen LogP contribution in [0.5, 0.6) is 0 Å². The highest BCUT2D eigenvalue weighted by Gasteiger charge is 2.12. The number of rotatable bonds is 3. The van der Waals surface area contributed by atoms with Crippen molar-refractivity contribution in [1.82, 2.24) is 4.98 Å². The zero-order valence-electron chi connectivity index (χ0n) is 8.67. The van der Waals surface area contributed by atoms with Gasteiger partial charge in [-0.3, -0.25) is 9.78 Å². The van der Waals surface area contributed by atoms with Crippen molar-refractivity contribution in [3.8, 4) is 0 Å². The third-order valence-electron chi connectivity index (χ3n) is 2.26. The Balaban J connectivity index is 0.00000144. The van der Waals surface area contributed by atoms with Gasteiger partial charge in [0, 0.05) is 0 Å². The number of aromatic nitrogens is 1. The summed E-state index contributed by atoms with van der Waals surface area (Å²) >= 11 is 0. The van der Waals surface area contributed by atoms with Crippen molar-refractivity contribution in [2.75, 3.05) is 0 Å². The molecular weight excluding hydrogens is 248 g/mol. The van der Waals surface area contributed by atoms with Crippen LogP contribution in [0.2, 0.25) is 0 Å². The first-order valence-electron chi connectivity index (χ1n) is 4.66. The van der Waals surface area contributed by atoms with Crippen molar-refractivity contribution in [1.29, 1.82) is 0 Å². The number of carbonyl (C=O) groups is 1. The van der Waals surface area contributed by atoms with E-state index in [2.05, 4.69) is 4.98 Å². The van der Waals surface area contributed by atoms with Crippen molar-refractivity contribution >= 4 is 29.5 Å². The van der Waals surface area contributed by atoms with Gasteiger partial charge >= 0.3 is 11.7 Å². The second-order valence-electron chi connectivity index (χ2n) is 3.49. The number of H-pyrrole nitrogens is 1. The Labute approximate surface area is 102 Å². The standard InChI is InChI=1S/C10H10N2O4.ClH/c11-6(9(13)14)3-5-1-2-8-7(4-5)12-10(15)16-8;/h1-2,4,6H,3,11H2,(H,12,15)(H,13,14);1H. The number of oxazole rings is 1. The minimum Gasteiger partial charge on any atom is -0.480 e. The average Bonchev–Trinajstić information content (AvgIpc) is 2.57. The van der Waals surface area contributed by atoms with E-state index in [4.69, 9.17) is 15.3 Å². The maximum Gasteiger partial charge on any atom is 0.417 e. The molecule has 4 N–H and O–H groups in total. The Morgan fingerprint density at radius 1 is 1.53 bits per heavy atom. The number of aliphatic carboxylic acids is 1. The molecule has 0 saturated heterocycles. The molecule has 0 bridgehead atoms. The summed E-state index contributed by atoms with van der Waals surface area (Å²) in [6.07, 6.45) is 0.207. The van der Waals surface area contributed by atoms with Gasteiger partial charge in [0.05, 0.1) is 5.52 Å². The van der Waals surface area contributed by atoms with Crippen LogP contribution in [0.1, 0.15) is 5.56 Å². The third-order valence-corrected chi connectivity index (χ3v) is 2.26. The molecule has 0 saturated carbocycles. The van der Waals surface area contributed by atoms with Gasteiger partial charge in [0.25, 0.3) is 0 Å². The van der Waals surface area contributed by atoms with Gasteiger partial charge in [-0.25, -0.2) is 4.79 Å². The van der Waals surface area contributed by atoms with Gasteiger partial charge in [0.2, 0.25) is 0 Å². The second-order valence-corrected chi connectivity index (χ2v) is 3.49. The van der Waals surface area contributed by atoms with E-state index in [1.807, 2.05) is 0 Å². The van der Waals surface area contributed by atoms with Gasteiger partial charge in [-0.05, 0) is 24.1 Å². The number of fused-ring (bicyclic) bond motifs is 1. The molecule has 1 heterocycles. The topological polar surface area (TPSA) is 109 Å². The predicted molar refractivity (Wildman–Crippen MR) is 63.4 cm³/mol. The lowest BCUT2D eigenvalue weighted by atomic mass is 10.1. The van der Waals surface area contributed by atoms with Crippen LogP contribution in [0, 0.1) is 0 Å². The number of hydrogen-bond acceptors (Lipinski definition) is 4. The number of hydrogen-bond donors (Lipinski definition) is 3. The van der Waals surface area contributed by atoms with Crippen molar-refractivity contribution < 1.29 is 14.3 Å². The summed E-state index contributed by atoms with van der Waals surface area (Å²) < 4.78 is 4.82. The third kappa shape index (κ3) is 2.86. The maximum absolute atomic E-state index is 10.9. The molecule has 92 valence electrons. The van der Waals surface area contributed by atoms with Crippen LogP contribution >= 0.6 is 12.4 Å². The number of halogens is 1. The van der Waals surface area contributed by atoms with E-state index in [0.717, 1.165) is 5.56 Å². The van der Waals surface area contributed by atoms with E-state index in [-0.39, 0.29) is 18.8 Å². The number of nitrogens with two attached hydrogens (primary N) is 1. The molecule has 6 nitrogen and oxygen atoms in total. The van der Waals surface area contributed by atoms with Crippen molar-refractivity contribution in [2.24, 2.45) is 5.73 Å². The molecule has 1 atom stereocenters. The summed E-state index contributed by atoms with van der Waals surface area (Å²) in [5.41, 5.74) is 7.12. The Morgan fingerprint density at radius 2 is 2.24 bits per heavy atom. The van der Waals surface area contributed by atoms with E-state index in [1.54, 1.807) is 18.2 Å². The molecule has 0 spiro atoms. The summed E-state index contributed by atoms with van der Waals surface area (Å²) in [5, 5.41) is 8.66. The van der Waals surface area contributed by atoms with E-state index in [1.165, 1.54) is 0 Å². The molecule has 1 unspecified atom stereocenters. The maximum atomic E-state index is 10.9. The fourth-order valence-corrected chi connectivity index (χ4v) is 1.47. The highest BCUT2D eigenvalue weighted by atomic mass is 35.5. The van der Waals surface area contributed by atoms with E-state index in [0.29, 0.717) is 11.1 Å². The summed E-state index contributed by atoms with van der Waals surface area (Å²) in [4.78, 5) is 24.0. The van der Waals surface area contributed by atoms with E-state index >= 15 is 0 Å². The van der Waals surface area contributed by atoms with Gasteiger partial charge in [-0.1, -0.05) is 6.07 Å². The van der Waals surface area contributed by atoms with Crippen LogP contribution in [0.3, 0.4) is 0 Å². The van der Waals surface area contributed by atoms with Crippen LogP contribution in [0.4, 0.5) is 0 Å². The minimum absolute atomic E-state index is 0. The van der Waals surface area contributed by atoms with Crippen molar-refractivity contribution in [3.05, 3.63) is 34.3 Å². The summed E-state index contributed by atoms with van der Waals surface area (Å²) in [6, 6.07) is 4.00. The first-order chi connectivity index (χ1) is 7.56. The van der Waals surface area contributed by atoms with Crippen LogP contribution in [0.25, 0.3) is 11.1 Å². The normalized spacial score (nSPS) is 12.1. The fraction of sp³-hybridized carbons (Fsp3) is 0.200. The van der Waals surface area contributed by atoms with Gasteiger partial charge < -0.3 is 15.3 Å². The lowest BCUT2D eigenvalue weighted by Crippen LogP contribution is -2.32. The molecule has 0 fully saturated rings. The van der Waals surface area contributed by atoms with E-state index in [9.17, 15) is 9.59 Å². The molecule has 0 aliphatic rings. The largest absolute Gasteiger partial charge is 0.480 e. The average molecular weight is 259 g/mol. The number of benzene rings is 1. The predicted octanol–water partition coefficient (Wildman–Crippen LogP) is 0.497.